The van der Waals surface area contributed by atoms with Gasteiger partial charge in [-0.2, -0.15) is 0 Å². The van der Waals surface area contributed by atoms with Gasteiger partial charge in [0, 0.05) is 18.3 Å². The molecule has 0 bridgehead atoms. The average molecular weight is 233 g/mol. The minimum atomic E-state index is -3.06. The Morgan fingerprint density at radius 1 is 1.31 bits per heavy atom. The molecule has 0 aliphatic carbocycles. The molecular weight excluding hydrogens is 220 g/mol. The van der Waals surface area contributed by atoms with Crippen molar-refractivity contribution in [1.82, 2.24) is 4.57 Å². The van der Waals surface area contributed by atoms with Crippen molar-refractivity contribution in [2.24, 2.45) is 7.05 Å². The second-order valence-corrected chi connectivity index (χ2v) is 3.61. The third-order valence-corrected chi connectivity index (χ3v) is 2.72. The number of aromatic nitrogens is 1. The number of rotatable bonds is 2. The van der Waals surface area contributed by atoms with Crippen LogP contribution in [0.4, 0.5) is 8.78 Å². The van der Waals surface area contributed by atoms with Gasteiger partial charge in [0.2, 0.25) is 5.43 Å². The number of alkyl halides is 2. The summed E-state index contributed by atoms with van der Waals surface area (Å²) in [4.78, 5) is 11.5. The number of aromatic hydroxyl groups is 1. The molecule has 0 aromatic carbocycles. The van der Waals surface area contributed by atoms with Crippen LogP contribution in [0.5, 0.6) is 5.75 Å². The van der Waals surface area contributed by atoms with Crippen LogP contribution in [0.1, 0.15) is 23.1 Å². The zero-order valence-electron chi connectivity index (χ0n) is 9.16. The van der Waals surface area contributed by atoms with Crippen LogP contribution in [0.2, 0.25) is 0 Å². The molecule has 6 heteroatoms. The molecular formula is C10H13F2NO3. The fourth-order valence-electron chi connectivity index (χ4n) is 1.51. The molecule has 1 aromatic heterocycles. The van der Waals surface area contributed by atoms with E-state index in [9.17, 15) is 23.8 Å². The van der Waals surface area contributed by atoms with Crippen LogP contribution >= 0.6 is 0 Å². The summed E-state index contributed by atoms with van der Waals surface area (Å²) >= 11 is 0. The van der Waals surface area contributed by atoms with Gasteiger partial charge < -0.3 is 14.8 Å². The quantitative estimate of drug-likeness (QED) is 0.801. The molecule has 1 rings (SSSR count). The number of aliphatic hydroxyl groups excluding tert-OH is 1. The first-order valence-corrected chi connectivity index (χ1v) is 4.64. The van der Waals surface area contributed by atoms with Gasteiger partial charge >= 0.3 is 0 Å². The number of hydrogen-bond acceptors (Lipinski definition) is 3. The summed E-state index contributed by atoms with van der Waals surface area (Å²) in [6.07, 6.45) is -5.23. The molecule has 2 N–H and O–H groups in total. The standard InChI is InChI=1S/C10H13F2NO3/c1-4-5(2)13(3)6(8(15)7(4)14)9(16)10(11)12/h9-10,15-16H,1-3H3. The van der Waals surface area contributed by atoms with Crippen molar-refractivity contribution in [2.75, 3.05) is 0 Å². The zero-order chi connectivity index (χ0) is 12.6. The van der Waals surface area contributed by atoms with Crippen molar-refractivity contribution in [3.05, 3.63) is 27.2 Å². The van der Waals surface area contributed by atoms with Gasteiger partial charge in [-0.15, -0.1) is 0 Å². The van der Waals surface area contributed by atoms with Gasteiger partial charge in [-0.1, -0.05) is 0 Å². The lowest BCUT2D eigenvalue weighted by atomic mass is 10.1. The predicted molar refractivity (Wildman–Crippen MR) is 53.8 cm³/mol. The van der Waals surface area contributed by atoms with E-state index in [0.29, 0.717) is 5.69 Å². The normalized spacial score (nSPS) is 13.2. The molecule has 1 unspecified atom stereocenters. The van der Waals surface area contributed by atoms with Crippen molar-refractivity contribution < 1.29 is 19.0 Å². The SMILES string of the molecule is Cc1c(C)n(C)c(C(O)C(F)F)c(O)c1=O. The highest BCUT2D eigenvalue weighted by Gasteiger charge is 2.27. The summed E-state index contributed by atoms with van der Waals surface area (Å²) in [5, 5.41) is 18.7. The second-order valence-electron chi connectivity index (χ2n) is 3.61. The number of aliphatic hydroxyl groups is 1. The fraction of sp³-hybridized carbons (Fsp3) is 0.500. The molecule has 1 aromatic rings. The van der Waals surface area contributed by atoms with Crippen LogP contribution in [0, 0.1) is 13.8 Å². The van der Waals surface area contributed by atoms with Gasteiger partial charge in [-0.05, 0) is 13.8 Å². The topological polar surface area (TPSA) is 62.5 Å². The number of nitrogens with zero attached hydrogens (tertiary/aromatic N) is 1. The average Bonchev–Trinajstić information content (AvgIpc) is 2.23. The van der Waals surface area contributed by atoms with Crippen LogP contribution in [0.15, 0.2) is 4.79 Å². The van der Waals surface area contributed by atoms with E-state index in [1.807, 2.05) is 0 Å². The first-order valence-electron chi connectivity index (χ1n) is 4.64. The second kappa shape index (κ2) is 4.21. The Balaban J connectivity index is 3.58. The molecule has 16 heavy (non-hydrogen) atoms. The van der Waals surface area contributed by atoms with Crippen LogP contribution in [0.3, 0.4) is 0 Å². The number of halogens is 2. The lowest BCUT2D eigenvalue weighted by molar-refractivity contribution is -0.0117. The molecule has 1 atom stereocenters. The van der Waals surface area contributed by atoms with Crippen LogP contribution in [0.25, 0.3) is 0 Å². The highest BCUT2D eigenvalue weighted by molar-refractivity contribution is 5.36. The van der Waals surface area contributed by atoms with Gasteiger partial charge in [0.25, 0.3) is 6.43 Å². The van der Waals surface area contributed by atoms with Gasteiger partial charge in [0.05, 0.1) is 5.69 Å². The van der Waals surface area contributed by atoms with E-state index >= 15 is 0 Å². The molecule has 0 amide bonds. The van der Waals surface area contributed by atoms with Crippen molar-refractivity contribution >= 4 is 0 Å². The minimum Gasteiger partial charge on any atom is -0.503 e. The lowest BCUT2D eigenvalue weighted by Crippen LogP contribution is -2.22. The Bertz CT molecular complexity index is 468. The van der Waals surface area contributed by atoms with Gasteiger partial charge in [0.1, 0.15) is 0 Å². The third kappa shape index (κ3) is 1.80. The molecule has 0 radical (unpaired) electrons. The monoisotopic (exact) mass is 233 g/mol. The van der Waals surface area contributed by atoms with E-state index in [0.717, 1.165) is 0 Å². The fourth-order valence-corrected chi connectivity index (χ4v) is 1.51. The van der Waals surface area contributed by atoms with Crippen molar-refractivity contribution in [3.63, 3.8) is 0 Å². The highest BCUT2D eigenvalue weighted by Crippen LogP contribution is 2.27. The maximum Gasteiger partial charge on any atom is 0.269 e. The van der Waals surface area contributed by atoms with E-state index in [1.165, 1.54) is 18.5 Å². The van der Waals surface area contributed by atoms with E-state index in [1.54, 1.807) is 6.92 Å². The molecule has 0 spiro atoms. The van der Waals surface area contributed by atoms with Crippen molar-refractivity contribution in [2.45, 2.75) is 26.4 Å². The van der Waals surface area contributed by atoms with E-state index in [2.05, 4.69) is 0 Å². The highest BCUT2D eigenvalue weighted by atomic mass is 19.3. The molecule has 0 aliphatic rings. The van der Waals surface area contributed by atoms with Crippen LogP contribution in [-0.2, 0) is 7.05 Å². The summed E-state index contributed by atoms with van der Waals surface area (Å²) in [6.45, 7) is 3.04. The zero-order valence-corrected chi connectivity index (χ0v) is 9.16. The van der Waals surface area contributed by atoms with Gasteiger partial charge in [-0.25, -0.2) is 8.78 Å². The first-order chi connectivity index (χ1) is 7.29. The summed E-state index contributed by atoms with van der Waals surface area (Å²) < 4.78 is 25.9. The van der Waals surface area contributed by atoms with Crippen molar-refractivity contribution in [3.8, 4) is 5.75 Å². The summed E-state index contributed by atoms with van der Waals surface area (Å²) in [6, 6.07) is 0. The van der Waals surface area contributed by atoms with Gasteiger partial charge in [0.15, 0.2) is 11.9 Å². The van der Waals surface area contributed by atoms with E-state index in [-0.39, 0.29) is 5.56 Å². The summed E-state index contributed by atoms with van der Waals surface area (Å²) in [5.74, 6) is -0.821. The van der Waals surface area contributed by atoms with Crippen molar-refractivity contribution in [1.29, 1.82) is 0 Å². The molecule has 0 saturated carbocycles. The maximum atomic E-state index is 12.4. The Labute approximate surface area is 90.8 Å². The smallest absolute Gasteiger partial charge is 0.269 e. The third-order valence-electron chi connectivity index (χ3n) is 2.72. The van der Waals surface area contributed by atoms with E-state index < -0.39 is 29.4 Å². The summed E-state index contributed by atoms with van der Waals surface area (Å²) in [7, 11) is 1.41. The Morgan fingerprint density at radius 3 is 2.25 bits per heavy atom. The first kappa shape index (κ1) is 12.6. The molecule has 1 heterocycles. The Morgan fingerprint density at radius 2 is 1.81 bits per heavy atom. The largest absolute Gasteiger partial charge is 0.503 e. The predicted octanol–water partition coefficient (Wildman–Crippen LogP) is 1.01. The minimum absolute atomic E-state index is 0.269. The van der Waals surface area contributed by atoms with E-state index in [4.69, 9.17) is 0 Å². The van der Waals surface area contributed by atoms with Crippen LogP contribution < -0.4 is 5.43 Å². The molecule has 0 saturated heterocycles. The lowest BCUT2D eigenvalue weighted by Gasteiger charge is -2.19. The molecule has 0 aliphatic heterocycles. The molecule has 4 nitrogen and oxygen atoms in total. The molecule has 90 valence electrons. The summed E-state index contributed by atoms with van der Waals surface area (Å²) in [5.41, 5.74) is -0.490. The molecule has 0 fully saturated rings. The Hall–Kier alpha value is -1.43. The number of pyridine rings is 1. The van der Waals surface area contributed by atoms with Crippen LogP contribution in [-0.4, -0.2) is 21.2 Å². The maximum absolute atomic E-state index is 12.4. The van der Waals surface area contributed by atoms with Gasteiger partial charge in [-0.3, -0.25) is 4.79 Å². The Kier molecular flexibility index (Phi) is 3.32. The number of hydrogen-bond donors (Lipinski definition) is 2.